The van der Waals surface area contributed by atoms with E-state index in [1.165, 1.54) is 12.8 Å². The largest absolute Gasteiger partial charge is 0.324 e. The first-order chi connectivity index (χ1) is 9.44. The van der Waals surface area contributed by atoms with Crippen LogP contribution in [0.3, 0.4) is 0 Å². The second kappa shape index (κ2) is 7.40. The molecule has 2 rings (SSSR count). The first kappa shape index (κ1) is 18.2. The van der Waals surface area contributed by atoms with Gasteiger partial charge in [0.15, 0.2) is 0 Å². The number of hydrogen-bond donors (Lipinski definition) is 2. The van der Waals surface area contributed by atoms with Gasteiger partial charge in [0.05, 0.1) is 4.90 Å². The van der Waals surface area contributed by atoms with Crippen LogP contribution in [-0.4, -0.2) is 15.0 Å². The molecular weight excluding hydrogens is 308 g/mol. The average molecular weight is 331 g/mol. The van der Waals surface area contributed by atoms with E-state index in [9.17, 15) is 8.42 Å². The summed E-state index contributed by atoms with van der Waals surface area (Å²) in [6, 6.07) is 4.94. The zero-order valence-corrected chi connectivity index (χ0v) is 14.0. The molecule has 1 aromatic carbocycles. The van der Waals surface area contributed by atoms with Gasteiger partial charge in [-0.05, 0) is 48.9 Å². The number of nitrogens with two attached hydrogens (primary N) is 1. The molecule has 1 saturated carbocycles. The first-order valence-corrected chi connectivity index (χ1v) is 8.49. The Kier molecular flexibility index (Phi) is 6.41. The Balaban J connectivity index is 0.00000220. The molecule has 0 spiro atoms. The molecule has 0 aliphatic heterocycles. The van der Waals surface area contributed by atoms with E-state index in [-0.39, 0.29) is 23.3 Å². The minimum absolute atomic E-state index is 0. The Labute approximate surface area is 133 Å². The van der Waals surface area contributed by atoms with Gasteiger partial charge in [0.1, 0.15) is 0 Å². The number of nitrogens with one attached hydrogen (secondary N) is 1. The highest BCUT2D eigenvalue weighted by Gasteiger charge is 2.18. The van der Waals surface area contributed by atoms with E-state index in [2.05, 4.69) is 16.9 Å². The van der Waals surface area contributed by atoms with Crippen molar-refractivity contribution >= 4 is 28.5 Å². The third kappa shape index (κ3) is 4.81. The predicted octanol–water partition coefficient (Wildman–Crippen LogP) is 2.85. The molecule has 1 aliphatic rings. The van der Waals surface area contributed by atoms with Crippen LogP contribution in [0.15, 0.2) is 29.2 Å². The van der Waals surface area contributed by atoms with Gasteiger partial charge in [0.25, 0.3) is 0 Å². The zero-order valence-electron chi connectivity index (χ0n) is 12.4. The second-order valence-electron chi connectivity index (χ2n) is 5.28. The van der Waals surface area contributed by atoms with Gasteiger partial charge in [-0.25, -0.2) is 13.1 Å². The number of halogens is 1. The topological polar surface area (TPSA) is 72.2 Å². The Morgan fingerprint density at radius 3 is 2.62 bits per heavy atom. The fourth-order valence-corrected chi connectivity index (χ4v) is 3.14. The maximum Gasteiger partial charge on any atom is 0.240 e. The van der Waals surface area contributed by atoms with E-state index in [1.807, 2.05) is 13.0 Å². The highest BCUT2D eigenvalue weighted by Crippen LogP contribution is 2.31. The van der Waals surface area contributed by atoms with Gasteiger partial charge in [-0.1, -0.05) is 25.1 Å². The Morgan fingerprint density at radius 1 is 1.43 bits per heavy atom. The lowest BCUT2D eigenvalue weighted by molar-refractivity contribution is 0.583. The number of sulfonamides is 1. The number of benzene rings is 1. The fraction of sp³-hybridized carbons (Fsp3) is 0.467. The van der Waals surface area contributed by atoms with Crippen molar-refractivity contribution in [1.29, 1.82) is 0 Å². The molecular formula is C15H23ClN2O2S. The van der Waals surface area contributed by atoms with Gasteiger partial charge in [0, 0.05) is 12.6 Å². The molecule has 21 heavy (non-hydrogen) atoms. The number of allylic oxidation sites excluding steroid dienone is 1. The quantitative estimate of drug-likeness (QED) is 0.842. The van der Waals surface area contributed by atoms with E-state index in [1.54, 1.807) is 19.1 Å². The minimum Gasteiger partial charge on any atom is -0.324 e. The van der Waals surface area contributed by atoms with Crippen molar-refractivity contribution in [2.24, 2.45) is 11.7 Å². The van der Waals surface area contributed by atoms with Crippen molar-refractivity contribution in [2.45, 2.75) is 37.6 Å². The van der Waals surface area contributed by atoms with E-state index in [0.29, 0.717) is 12.5 Å². The van der Waals surface area contributed by atoms with Crippen molar-refractivity contribution in [3.8, 4) is 0 Å². The second-order valence-corrected chi connectivity index (χ2v) is 7.04. The molecule has 0 amide bonds. The molecule has 3 N–H and O–H groups in total. The average Bonchev–Trinajstić information content (AvgIpc) is 3.20. The zero-order chi connectivity index (χ0) is 14.8. The number of rotatable bonds is 6. The smallest absolute Gasteiger partial charge is 0.240 e. The van der Waals surface area contributed by atoms with Crippen molar-refractivity contribution in [1.82, 2.24) is 4.72 Å². The van der Waals surface area contributed by atoms with Crippen molar-refractivity contribution < 1.29 is 8.42 Å². The summed E-state index contributed by atoms with van der Waals surface area (Å²) in [5.74, 6) is 0.682. The number of hydrogen-bond acceptors (Lipinski definition) is 3. The Morgan fingerprint density at radius 2 is 2.10 bits per heavy atom. The summed E-state index contributed by atoms with van der Waals surface area (Å²) >= 11 is 0. The summed E-state index contributed by atoms with van der Waals surface area (Å²) in [6.07, 6.45) is 6.73. The molecule has 1 aliphatic carbocycles. The van der Waals surface area contributed by atoms with Gasteiger partial charge in [-0.15, -0.1) is 12.4 Å². The highest BCUT2D eigenvalue weighted by molar-refractivity contribution is 7.89. The van der Waals surface area contributed by atoms with Gasteiger partial charge >= 0.3 is 0 Å². The van der Waals surface area contributed by atoms with Crippen LogP contribution in [0.4, 0.5) is 0 Å². The van der Waals surface area contributed by atoms with Crippen LogP contribution >= 0.6 is 12.4 Å². The standard InChI is InChI=1S/C15H22N2O2S.ClH/c1-3-17-20(18,19)14-9-8-13(7-6-12-4-5-12)15(10-14)11(2)16;/h6-12,17H,3-5,16H2,1-2H3;1H/b7-6+;/t11-;/m0./s1. The summed E-state index contributed by atoms with van der Waals surface area (Å²) in [5, 5.41) is 0. The first-order valence-electron chi connectivity index (χ1n) is 7.01. The van der Waals surface area contributed by atoms with Gasteiger partial charge < -0.3 is 5.73 Å². The van der Waals surface area contributed by atoms with Gasteiger partial charge in [-0.2, -0.15) is 0 Å². The van der Waals surface area contributed by atoms with E-state index >= 15 is 0 Å². The molecule has 0 unspecified atom stereocenters. The minimum atomic E-state index is -3.43. The van der Waals surface area contributed by atoms with Crippen molar-refractivity contribution in [3.63, 3.8) is 0 Å². The molecule has 4 nitrogen and oxygen atoms in total. The van der Waals surface area contributed by atoms with Crippen molar-refractivity contribution in [2.75, 3.05) is 6.54 Å². The molecule has 1 atom stereocenters. The summed E-state index contributed by atoms with van der Waals surface area (Å²) in [5.41, 5.74) is 7.84. The molecule has 6 heteroatoms. The molecule has 1 fully saturated rings. The lowest BCUT2D eigenvalue weighted by Gasteiger charge is -2.13. The van der Waals surface area contributed by atoms with Crippen LogP contribution in [0, 0.1) is 5.92 Å². The van der Waals surface area contributed by atoms with E-state index in [4.69, 9.17) is 5.73 Å². The SMILES string of the molecule is CCNS(=O)(=O)c1ccc(/C=C/C2CC2)c([C@H](C)N)c1.Cl. The van der Waals surface area contributed by atoms with Gasteiger partial charge in [-0.3, -0.25) is 0 Å². The Bertz CT molecular complexity index is 608. The summed E-state index contributed by atoms with van der Waals surface area (Å²) < 4.78 is 26.5. The fourth-order valence-electron chi connectivity index (χ4n) is 2.07. The van der Waals surface area contributed by atoms with Crippen LogP contribution in [0.25, 0.3) is 6.08 Å². The lowest BCUT2D eigenvalue weighted by Crippen LogP contribution is -2.23. The monoisotopic (exact) mass is 330 g/mol. The van der Waals surface area contributed by atoms with Gasteiger partial charge in [0.2, 0.25) is 10.0 Å². The maximum absolute atomic E-state index is 12.0. The molecule has 1 aromatic rings. The van der Waals surface area contributed by atoms with Crippen LogP contribution in [0.5, 0.6) is 0 Å². The normalized spacial score (nSPS) is 16.7. The summed E-state index contributed by atoms with van der Waals surface area (Å²) in [7, 11) is -3.43. The van der Waals surface area contributed by atoms with Crippen LogP contribution in [-0.2, 0) is 10.0 Å². The molecule has 0 heterocycles. The molecule has 0 aromatic heterocycles. The van der Waals surface area contributed by atoms with Crippen molar-refractivity contribution in [3.05, 3.63) is 35.4 Å². The third-order valence-corrected chi connectivity index (χ3v) is 4.91. The Hall–Kier alpha value is -0.880. The summed E-state index contributed by atoms with van der Waals surface area (Å²) in [4.78, 5) is 0.273. The highest BCUT2D eigenvalue weighted by atomic mass is 35.5. The summed E-state index contributed by atoms with van der Waals surface area (Å²) in [6.45, 7) is 4.00. The lowest BCUT2D eigenvalue weighted by atomic mass is 10.0. The molecule has 0 radical (unpaired) electrons. The van der Waals surface area contributed by atoms with E-state index < -0.39 is 10.0 Å². The molecule has 0 bridgehead atoms. The van der Waals surface area contributed by atoms with Crippen LogP contribution in [0.1, 0.15) is 43.9 Å². The predicted molar refractivity (Wildman–Crippen MR) is 88.9 cm³/mol. The van der Waals surface area contributed by atoms with Crippen LogP contribution < -0.4 is 10.5 Å². The van der Waals surface area contributed by atoms with E-state index in [0.717, 1.165) is 11.1 Å². The maximum atomic E-state index is 12.0. The molecule has 0 saturated heterocycles. The third-order valence-electron chi connectivity index (χ3n) is 3.36. The van der Waals surface area contributed by atoms with Crippen LogP contribution in [0.2, 0.25) is 0 Å². The molecule has 118 valence electrons.